The first-order chi connectivity index (χ1) is 12.0. The zero-order valence-corrected chi connectivity index (χ0v) is 14.9. The molecule has 2 aromatic rings. The van der Waals surface area contributed by atoms with Crippen LogP contribution < -0.4 is 10.2 Å². The summed E-state index contributed by atoms with van der Waals surface area (Å²) in [5.41, 5.74) is 0.987. The van der Waals surface area contributed by atoms with Crippen LogP contribution in [0.4, 0.5) is 11.4 Å². The van der Waals surface area contributed by atoms with Gasteiger partial charge in [0.25, 0.3) is 0 Å². The number of anilines is 2. The first-order valence-electron chi connectivity index (χ1n) is 7.53. The first kappa shape index (κ1) is 17.4. The Labute approximate surface area is 153 Å². The highest BCUT2D eigenvalue weighted by atomic mass is 35.5. The largest absolute Gasteiger partial charge is 0.465 e. The zero-order chi connectivity index (χ0) is 18.0. The fourth-order valence-electron chi connectivity index (χ4n) is 2.68. The third kappa shape index (κ3) is 3.52. The summed E-state index contributed by atoms with van der Waals surface area (Å²) in [5, 5.41) is 4.87. The smallest absolute Gasteiger partial charge is 0.350 e. The van der Waals surface area contributed by atoms with Gasteiger partial charge in [0.05, 0.1) is 29.4 Å². The van der Waals surface area contributed by atoms with Crippen LogP contribution in [0.15, 0.2) is 35.7 Å². The Hall–Kier alpha value is -2.38. The van der Waals surface area contributed by atoms with E-state index in [1.165, 1.54) is 23.3 Å². The normalized spacial score (nSPS) is 16.8. The molecule has 0 bridgehead atoms. The molecule has 8 heteroatoms. The van der Waals surface area contributed by atoms with Crippen LogP contribution >= 0.6 is 22.9 Å². The topological polar surface area (TPSA) is 75.7 Å². The molecule has 1 fully saturated rings. The summed E-state index contributed by atoms with van der Waals surface area (Å²) in [6.45, 7) is 0.242. The third-order valence-corrected chi connectivity index (χ3v) is 5.15. The highest BCUT2D eigenvalue weighted by molar-refractivity contribution is 7.12. The number of amides is 2. The number of hydrogen-bond acceptors (Lipinski definition) is 5. The van der Waals surface area contributed by atoms with Crippen molar-refractivity contribution in [3.63, 3.8) is 0 Å². The van der Waals surface area contributed by atoms with E-state index in [1.807, 2.05) is 0 Å². The van der Waals surface area contributed by atoms with Gasteiger partial charge in [-0.15, -0.1) is 11.3 Å². The molecule has 2 amide bonds. The average molecular weight is 379 g/mol. The van der Waals surface area contributed by atoms with E-state index in [-0.39, 0.29) is 24.8 Å². The highest BCUT2D eigenvalue weighted by Gasteiger charge is 2.36. The van der Waals surface area contributed by atoms with Crippen LogP contribution in [0.1, 0.15) is 16.1 Å². The Bertz CT molecular complexity index is 836. The Morgan fingerprint density at radius 1 is 1.32 bits per heavy atom. The number of esters is 1. The van der Waals surface area contributed by atoms with Crippen molar-refractivity contribution in [1.29, 1.82) is 0 Å². The number of benzene rings is 1. The third-order valence-electron chi connectivity index (χ3n) is 3.93. The van der Waals surface area contributed by atoms with Crippen molar-refractivity contribution in [2.24, 2.45) is 5.92 Å². The van der Waals surface area contributed by atoms with Crippen molar-refractivity contribution >= 4 is 52.1 Å². The van der Waals surface area contributed by atoms with Gasteiger partial charge < -0.3 is 15.0 Å². The summed E-state index contributed by atoms with van der Waals surface area (Å²) in [5.74, 6) is -1.50. The minimum Gasteiger partial charge on any atom is -0.465 e. The van der Waals surface area contributed by atoms with Gasteiger partial charge in [0.1, 0.15) is 4.88 Å². The number of rotatable bonds is 4. The summed E-state index contributed by atoms with van der Waals surface area (Å²) < 4.78 is 4.69. The van der Waals surface area contributed by atoms with E-state index in [0.29, 0.717) is 21.3 Å². The van der Waals surface area contributed by atoms with E-state index in [0.717, 1.165) is 0 Å². The van der Waals surface area contributed by atoms with Gasteiger partial charge in [0.2, 0.25) is 11.8 Å². The lowest BCUT2D eigenvalue weighted by Crippen LogP contribution is -2.28. The Balaban J connectivity index is 1.73. The summed E-state index contributed by atoms with van der Waals surface area (Å²) in [4.78, 5) is 38.3. The summed E-state index contributed by atoms with van der Waals surface area (Å²) in [6.07, 6.45) is 0.0920. The van der Waals surface area contributed by atoms with Crippen molar-refractivity contribution < 1.29 is 19.1 Å². The molecule has 130 valence electrons. The van der Waals surface area contributed by atoms with Crippen LogP contribution in [-0.2, 0) is 14.3 Å². The number of hydrogen-bond donors (Lipinski definition) is 1. The molecule has 1 saturated heterocycles. The molecule has 1 aromatic carbocycles. The van der Waals surface area contributed by atoms with E-state index < -0.39 is 11.9 Å². The van der Waals surface area contributed by atoms with Crippen LogP contribution in [-0.4, -0.2) is 31.4 Å². The number of halogens is 1. The lowest BCUT2D eigenvalue weighted by Gasteiger charge is -2.18. The second-order valence-corrected chi connectivity index (χ2v) is 6.82. The van der Waals surface area contributed by atoms with Crippen molar-refractivity contribution in [2.45, 2.75) is 6.42 Å². The molecule has 2 heterocycles. The molecule has 0 saturated carbocycles. The molecule has 0 radical (unpaired) electrons. The SMILES string of the molecule is COC(=O)c1sccc1NC(=O)[C@@H]1CC(=O)N(c2ccccc2Cl)C1. The van der Waals surface area contributed by atoms with Gasteiger partial charge in [-0.1, -0.05) is 23.7 Å². The maximum Gasteiger partial charge on any atom is 0.350 e. The van der Waals surface area contributed by atoms with Crippen molar-refractivity contribution in [2.75, 3.05) is 23.9 Å². The lowest BCUT2D eigenvalue weighted by atomic mass is 10.1. The highest BCUT2D eigenvalue weighted by Crippen LogP contribution is 2.32. The number of para-hydroxylation sites is 1. The molecule has 1 aromatic heterocycles. The molecule has 1 atom stereocenters. The minimum atomic E-state index is -0.519. The molecular formula is C17H15ClN2O4S. The zero-order valence-electron chi connectivity index (χ0n) is 13.3. The molecular weight excluding hydrogens is 364 g/mol. The Kier molecular flexibility index (Phi) is 5.06. The number of methoxy groups -OCH3 is 1. The maximum atomic E-state index is 12.5. The summed E-state index contributed by atoms with van der Waals surface area (Å²) in [7, 11) is 1.28. The molecule has 0 spiro atoms. The molecule has 1 N–H and O–H groups in total. The predicted molar refractivity (Wildman–Crippen MR) is 96.2 cm³/mol. The minimum absolute atomic E-state index is 0.0920. The monoisotopic (exact) mass is 378 g/mol. The number of carbonyl (C=O) groups is 3. The second kappa shape index (κ2) is 7.25. The van der Waals surface area contributed by atoms with Gasteiger partial charge in [-0.05, 0) is 23.6 Å². The average Bonchev–Trinajstić information content (AvgIpc) is 3.21. The van der Waals surface area contributed by atoms with Crippen LogP contribution in [0.2, 0.25) is 5.02 Å². The molecule has 0 aliphatic carbocycles. The van der Waals surface area contributed by atoms with Gasteiger partial charge >= 0.3 is 5.97 Å². The number of nitrogens with zero attached hydrogens (tertiary/aromatic N) is 1. The van der Waals surface area contributed by atoms with Gasteiger partial charge in [0.15, 0.2) is 0 Å². The number of nitrogens with one attached hydrogen (secondary N) is 1. The van der Waals surface area contributed by atoms with Gasteiger partial charge in [-0.25, -0.2) is 4.79 Å². The summed E-state index contributed by atoms with van der Waals surface area (Å²) >= 11 is 7.32. The van der Waals surface area contributed by atoms with E-state index in [1.54, 1.807) is 35.7 Å². The Morgan fingerprint density at radius 2 is 2.08 bits per heavy atom. The van der Waals surface area contributed by atoms with E-state index in [4.69, 9.17) is 16.3 Å². The van der Waals surface area contributed by atoms with E-state index in [9.17, 15) is 14.4 Å². The first-order valence-corrected chi connectivity index (χ1v) is 8.78. The maximum absolute atomic E-state index is 12.5. The van der Waals surface area contributed by atoms with Crippen LogP contribution in [0.25, 0.3) is 0 Å². The lowest BCUT2D eigenvalue weighted by molar-refractivity contribution is -0.122. The second-order valence-electron chi connectivity index (χ2n) is 5.50. The number of carbonyl (C=O) groups excluding carboxylic acids is 3. The molecule has 0 unspecified atom stereocenters. The van der Waals surface area contributed by atoms with E-state index in [2.05, 4.69) is 5.32 Å². The Morgan fingerprint density at radius 3 is 2.80 bits per heavy atom. The van der Waals surface area contributed by atoms with Gasteiger partial charge in [-0.3, -0.25) is 9.59 Å². The van der Waals surface area contributed by atoms with Crippen LogP contribution in [0.5, 0.6) is 0 Å². The van der Waals surface area contributed by atoms with E-state index >= 15 is 0 Å². The molecule has 1 aliphatic heterocycles. The van der Waals surface area contributed by atoms with Crippen LogP contribution in [0.3, 0.4) is 0 Å². The van der Waals surface area contributed by atoms with Crippen molar-refractivity contribution in [1.82, 2.24) is 0 Å². The molecule has 25 heavy (non-hydrogen) atoms. The van der Waals surface area contributed by atoms with Crippen molar-refractivity contribution in [3.05, 3.63) is 45.6 Å². The summed E-state index contributed by atoms with van der Waals surface area (Å²) in [6, 6.07) is 8.65. The number of thiophene rings is 1. The van der Waals surface area contributed by atoms with Crippen LogP contribution in [0, 0.1) is 5.92 Å². The quantitative estimate of drug-likeness (QED) is 0.829. The molecule has 3 rings (SSSR count). The van der Waals surface area contributed by atoms with Gasteiger partial charge in [0, 0.05) is 13.0 Å². The fraction of sp³-hybridized carbons (Fsp3) is 0.235. The molecule has 6 nitrogen and oxygen atoms in total. The standard InChI is InChI=1S/C17H15ClN2O4S/c1-24-17(23)15-12(6-7-25-15)19-16(22)10-8-14(21)20(9-10)13-5-3-2-4-11(13)18/h2-7,10H,8-9H2,1H3,(H,19,22)/t10-/m1/s1. The van der Waals surface area contributed by atoms with Crippen molar-refractivity contribution in [3.8, 4) is 0 Å². The fourth-order valence-corrected chi connectivity index (χ4v) is 3.68. The number of ether oxygens (including phenoxy) is 1. The van der Waals surface area contributed by atoms with Gasteiger partial charge in [-0.2, -0.15) is 0 Å². The molecule has 1 aliphatic rings. The predicted octanol–water partition coefficient (Wildman–Crippen LogP) is 3.18.